The molecular formula is C40H34FNO. The summed E-state index contributed by atoms with van der Waals surface area (Å²) >= 11 is 0. The molecule has 0 amide bonds. The molecule has 0 N–H and O–H groups in total. The van der Waals surface area contributed by atoms with Gasteiger partial charge in [0.05, 0.1) is 5.69 Å². The molecule has 1 aliphatic carbocycles. The zero-order chi connectivity index (χ0) is 35.2. The topological polar surface area (TPSA) is 26.0 Å². The smallest absolute Gasteiger partial charge is 0.144 e. The molecule has 0 unspecified atom stereocenters. The van der Waals surface area contributed by atoms with Gasteiger partial charge in [0.25, 0.3) is 0 Å². The Morgan fingerprint density at radius 1 is 0.767 bits per heavy atom. The number of benzene rings is 5. The van der Waals surface area contributed by atoms with E-state index < -0.39 is 25.3 Å². The van der Waals surface area contributed by atoms with E-state index in [2.05, 4.69) is 35.3 Å². The number of fused-ring (bicyclic) bond motifs is 7. The van der Waals surface area contributed by atoms with E-state index in [1.54, 1.807) is 18.2 Å². The Balaban J connectivity index is 1.33. The number of nitrogens with zero attached hydrogens (tertiary/aromatic N) is 1. The molecule has 1 saturated carbocycles. The number of rotatable bonds is 3. The molecule has 0 atom stereocenters. The van der Waals surface area contributed by atoms with E-state index in [1.165, 1.54) is 19.2 Å². The summed E-state index contributed by atoms with van der Waals surface area (Å²) in [6, 6.07) is 28.6. The third-order valence-corrected chi connectivity index (χ3v) is 9.17. The Morgan fingerprint density at radius 3 is 2.40 bits per heavy atom. The van der Waals surface area contributed by atoms with E-state index in [9.17, 15) is 4.39 Å². The van der Waals surface area contributed by atoms with Crippen LogP contribution in [0.2, 0.25) is 0 Å². The number of halogens is 1. The summed E-state index contributed by atoms with van der Waals surface area (Å²) in [5.41, 5.74) is 1.83. The first-order chi connectivity index (χ1) is 23.6. The number of hydrogen-bond donors (Lipinski definition) is 0. The molecule has 0 aliphatic heterocycles. The van der Waals surface area contributed by atoms with Gasteiger partial charge in [-0.25, -0.2) is 4.39 Å². The number of pyridine rings is 1. The number of hydrogen-bond acceptors (Lipinski definition) is 2. The van der Waals surface area contributed by atoms with Crippen molar-refractivity contribution in [3.8, 4) is 22.4 Å². The van der Waals surface area contributed by atoms with Gasteiger partial charge in [-0.1, -0.05) is 72.8 Å². The fourth-order valence-corrected chi connectivity index (χ4v) is 6.73. The van der Waals surface area contributed by atoms with Gasteiger partial charge in [0, 0.05) is 37.5 Å². The van der Waals surface area contributed by atoms with Crippen molar-refractivity contribution in [3.63, 3.8) is 0 Å². The maximum atomic E-state index is 14.7. The van der Waals surface area contributed by atoms with Gasteiger partial charge in [-0.05, 0) is 114 Å². The molecule has 1 fully saturated rings. The minimum absolute atomic E-state index is 0.0573. The number of alkyl halides is 1. The lowest BCUT2D eigenvalue weighted by molar-refractivity contribution is 0.120. The Morgan fingerprint density at radius 2 is 1.53 bits per heavy atom. The number of furan rings is 1. The van der Waals surface area contributed by atoms with Crippen LogP contribution in [0.5, 0.6) is 0 Å². The van der Waals surface area contributed by atoms with Crippen LogP contribution in [0.1, 0.15) is 64.8 Å². The van der Waals surface area contributed by atoms with Gasteiger partial charge in [0.2, 0.25) is 0 Å². The zero-order valence-electron chi connectivity index (χ0n) is 30.8. The van der Waals surface area contributed by atoms with E-state index in [4.69, 9.17) is 14.0 Å². The molecule has 43 heavy (non-hydrogen) atoms. The van der Waals surface area contributed by atoms with Gasteiger partial charge in [-0.3, -0.25) is 4.98 Å². The van der Waals surface area contributed by atoms with Crippen molar-refractivity contribution in [2.75, 3.05) is 0 Å². The van der Waals surface area contributed by atoms with Crippen LogP contribution in [0.3, 0.4) is 0 Å². The first kappa shape index (κ1) is 19.6. The van der Waals surface area contributed by atoms with Crippen LogP contribution in [0.15, 0.2) is 102 Å². The van der Waals surface area contributed by atoms with Gasteiger partial charge in [0.1, 0.15) is 16.8 Å². The monoisotopic (exact) mass is 570 g/mol. The fourth-order valence-electron chi connectivity index (χ4n) is 6.73. The second-order valence-electron chi connectivity index (χ2n) is 12.0. The maximum Gasteiger partial charge on any atom is 0.144 e. The molecule has 0 spiro atoms. The van der Waals surface area contributed by atoms with E-state index in [0.29, 0.717) is 22.4 Å². The second-order valence-corrected chi connectivity index (χ2v) is 12.0. The van der Waals surface area contributed by atoms with E-state index in [0.717, 1.165) is 37.9 Å². The highest BCUT2D eigenvalue weighted by molar-refractivity contribution is 6.23. The highest BCUT2D eigenvalue weighted by Gasteiger charge is 2.31. The average Bonchev–Trinajstić information content (AvgIpc) is 3.47. The standard InChI is InChI=1S/C40H34FNO/c1-24-21-29(26-17-19-40(3,41)20-18-26)14-15-30(24)35-22-36(42-23-25(35)2)34-10-6-9-32-33-16-13-28-12-11-27-7-4-5-8-31(27)37(28)39(33)43-38(32)34/h4-16,21-23,26H,17-20H2,1-3H3/i1D3,2D3,26D. The summed E-state index contributed by atoms with van der Waals surface area (Å²) in [6.07, 6.45) is 2.22. The van der Waals surface area contributed by atoms with Crippen molar-refractivity contribution in [2.45, 2.75) is 57.9 Å². The molecule has 212 valence electrons. The molecule has 7 aromatic rings. The molecule has 3 heteroatoms. The number of aryl methyl sites for hydroxylation is 2. The van der Waals surface area contributed by atoms with E-state index in [1.807, 2.05) is 36.4 Å². The highest BCUT2D eigenvalue weighted by Crippen LogP contribution is 2.43. The lowest BCUT2D eigenvalue weighted by atomic mass is 9.77. The Hall–Kier alpha value is -4.50. The van der Waals surface area contributed by atoms with Crippen molar-refractivity contribution in [1.29, 1.82) is 0 Å². The van der Waals surface area contributed by atoms with Crippen LogP contribution in [0, 0.1) is 13.7 Å². The number of para-hydroxylation sites is 1. The maximum absolute atomic E-state index is 14.7. The molecule has 0 saturated heterocycles. The molecule has 2 nitrogen and oxygen atoms in total. The molecule has 5 aromatic carbocycles. The summed E-state index contributed by atoms with van der Waals surface area (Å²) in [5, 5.41) is 6.02. The van der Waals surface area contributed by atoms with Crippen LogP contribution in [-0.2, 0) is 0 Å². The van der Waals surface area contributed by atoms with Gasteiger partial charge >= 0.3 is 0 Å². The fraction of sp³-hybridized carbons (Fsp3) is 0.225. The second kappa shape index (κ2) is 9.77. The van der Waals surface area contributed by atoms with Gasteiger partial charge in [-0.2, -0.15) is 0 Å². The van der Waals surface area contributed by atoms with E-state index >= 15 is 0 Å². The van der Waals surface area contributed by atoms with Crippen molar-refractivity contribution < 1.29 is 18.4 Å². The summed E-state index contributed by atoms with van der Waals surface area (Å²) < 4.78 is 81.0. The summed E-state index contributed by atoms with van der Waals surface area (Å²) in [6.45, 7) is -3.68. The third kappa shape index (κ3) is 4.33. The largest absolute Gasteiger partial charge is 0.455 e. The Bertz CT molecular complexity index is 2470. The molecule has 2 heterocycles. The van der Waals surface area contributed by atoms with Crippen LogP contribution >= 0.6 is 0 Å². The minimum Gasteiger partial charge on any atom is -0.455 e. The van der Waals surface area contributed by atoms with Crippen LogP contribution in [0.25, 0.3) is 65.9 Å². The first-order valence-electron chi connectivity index (χ1n) is 18.2. The first-order valence-corrected chi connectivity index (χ1v) is 14.7. The third-order valence-electron chi connectivity index (χ3n) is 9.17. The summed E-state index contributed by atoms with van der Waals surface area (Å²) in [4.78, 5) is 4.62. The summed E-state index contributed by atoms with van der Waals surface area (Å²) in [5.74, 6) is -1.15. The van der Waals surface area contributed by atoms with Crippen LogP contribution < -0.4 is 0 Å². The molecular weight excluding hydrogens is 529 g/mol. The van der Waals surface area contributed by atoms with Gasteiger partial charge in [0.15, 0.2) is 0 Å². The van der Waals surface area contributed by atoms with Crippen LogP contribution in [-0.4, -0.2) is 10.7 Å². The van der Waals surface area contributed by atoms with Gasteiger partial charge in [-0.15, -0.1) is 0 Å². The molecule has 0 bridgehead atoms. The molecule has 0 radical (unpaired) electrons. The van der Waals surface area contributed by atoms with Crippen molar-refractivity contribution >= 4 is 43.5 Å². The Kier molecular flexibility index (Phi) is 4.46. The minimum atomic E-state index is -2.62. The Labute approximate surface area is 261 Å². The predicted molar refractivity (Wildman–Crippen MR) is 178 cm³/mol. The molecule has 8 rings (SSSR count). The van der Waals surface area contributed by atoms with Crippen LogP contribution in [0.4, 0.5) is 4.39 Å². The SMILES string of the molecule is [2H]C([2H])([2H])c1cnc(-c2cccc3c2oc2c3ccc3ccc4ccccc4c32)cc1-c1ccc(C2([2H])CCC(C)(F)CC2)cc1C([2H])([2H])[2H]. The molecule has 2 aromatic heterocycles. The van der Waals surface area contributed by atoms with E-state index in [-0.39, 0.29) is 47.9 Å². The van der Waals surface area contributed by atoms with Gasteiger partial charge < -0.3 is 4.42 Å². The lowest BCUT2D eigenvalue weighted by Gasteiger charge is -2.31. The van der Waals surface area contributed by atoms with Crippen molar-refractivity contribution in [2.24, 2.45) is 0 Å². The number of aromatic nitrogens is 1. The van der Waals surface area contributed by atoms with Crippen molar-refractivity contribution in [1.82, 2.24) is 4.98 Å². The molecule has 1 aliphatic rings. The zero-order valence-corrected chi connectivity index (χ0v) is 23.8. The predicted octanol–water partition coefficient (Wildman–Crippen LogP) is 11.6. The normalized spacial score (nSPS) is 23.8. The highest BCUT2D eigenvalue weighted by atomic mass is 19.1. The van der Waals surface area contributed by atoms with Crippen molar-refractivity contribution in [3.05, 3.63) is 114 Å². The lowest BCUT2D eigenvalue weighted by Crippen LogP contribution is -2.25. The average molecular weight is 571 g/mol. The quantitative estimate of drug-likeness (QED) is 0.198. The summed E-state index contributed by atoms with van der Waals surface area (Å²) in [7, 11) is 0.